The number of carbonyl (C=O) groups is 1. The zero-order chi connectivity index (χ0) is 11.4. The second kappa shape index (κ2) is 5.09. The summed E-state index contributed by atoms with van der Waals surface area (Å²) >= 11 is 3.35. The molecule has 1 rings (SSSR count). The number of nitriles is 1. The summed E-state index contributed by atoms with van der Waals surface area (Å²) in [6.45, 7) is 3.62. The van der Waals surface area contributed by atoms with Crippen LogP contribution in [0.4, 0.5) is 0 Å². The Labute approximate surface area is 98.0 Å². The highest BCUT2D eigenvalue weighted by molar-refractivity contribution is 9.10. The Hall–Kier alpha value is -1.14. The van der Waals surface area contributed by atoms with E-state index in [0.717, 1.165) is 10.0 Å². The smallest absolute Gasteiger partial charge is 0.157 e. The normalized spacial score (nSPS) is 12.2. The lowest BCUT2D eigenvalue weighted by molar-refractivity contribution is -0.122. The van der Waals surface area contributed by atoms with Gasteiger partial charge in [-0.2, -0.15) is 5.26 Å². The first-order chi connectivity index (χ1) is 7.07. The van der Waals surface area contributed by atoms with Crippen LogP contribution in [0.3, 0.4) is 0 Å². The molecule has 0 aliphatic carbocycles. The Morgan fingerprint density at radius 3 is 2.47 bits per heavy atom. The minimum absolute atomic E-state index is 0.0376. The zero-order valence-corrected chi connectivity index (χ0v) is 10.3. The summed E-state index contributed by atoms with van der Waals surface area (Å²) < 4.78 is 0.811. The molecular weight excluding hydrogens is 254 g/mol. The van der Waals surface area contributed by atoms with E-state index in [4.69, 9.17) is 5.26 Å². The van der Waals surface area contributed by atoms with Gasteiger partial charge in [-0.25, -0.2) is 0 Å². The van der Waals surface area contributed by atoms with Crippen molar-refractivity contribution in [2.45, 2.75) is 19.8 Å². The van der Waals surface area contributed by atoms with Gasteiger partial charge < -0.3 is 0 Å². The highest BCUT2D eigenvalue weighted by Gasteiger charge is 2.24. The van der Waals surface area contributed by atoms with Gasteiger partial charge in [-0.05, 0) is 11.6 Å². The molecule has 0 fully saturated rings. The molecule has 15 heavy (non-hydrogen) atoms. The van der Waals surface area contributed by atoms with Gasteiger partial charge in [0.25, 0.3) is 0 Å². The molecule has 0 aliphatic rings. The van der Waals surface area contributed by atoms with E-state index in [0.29, 0.717) is 0 Å². The number of ketones is 1. The molecule has 1 aromatic carbocycles. The van der Waals surface area contributed by atoms with Crippen LogP contribution in [0.25, 0.3) is 0 Å². The van der Waals surface area contributed by atoms with E-state index in [1.807, 2.05) is 32.0 Å². The Kier molecular flexibility index (Phi) is 4.05. The Balaban J connectivity index is 3.10. The average molecular weight is 266 g/mol. The van der Waals surface area contributed by atoms with Crippen LogP contribution in [-0.4, -0.2) is 5.78 Å². The minimum Gasteiger partial charge on any atom is -0.298 e. The molecule has 0 N–H and O–H groups in total. The number of benzene rings is 1. The maximum absolute atomic E-state index is 11.8. The fourth-order valence-corrected chi connectivity index (χ4v) is 1.84. The minimum atomic E-state index is -0.666. The molecule has 0 saturated heterocycles. The van der Waals surface area contributed by atoms with Gasteiger partial charge in [0, 0.05) is 10.4 Å². The topological polar surface area (TPSA) is 40.9 Å². The van der Waals surface area contributed by atoms with E-state index in [1.165, 1.54) is 0 Å². The van der Waals surface area contributed by atoms with E-state index in [1.54, 1.807) is 6.07 Å². The molecule has 0 heterocycles. The van der Waals surface area contributed by atoms with Crippen molar-refractivity contribution < 1.29 is 4.79 Å². The Morgan fingerprint density at radius 2 is 2.00 bits per heavy atom. The van der Waals surface area contributed by atoms with Crippen LogP contribution in [-0.2, 0) is 4.79 Å². The standard InChI is InChI=1S/C12H12BrNO/c1-8(2)12(15)10(7-14)9-5-3-4-6-11(9)13/h3-6,8,10H,1-2H3. The van der Waals surface area contributed by atoms with E-state index in [9.17, 15) is 4.79 Å². The summed E-state index contributed by atoms with van der Waals surface area (Å²) in [7, 11) is 0. The molecule has 3 heteroatoms. The van der Waals surface area contributed by atoms with Gasteiger partial charge in [-0.3, -0.25) is 4.79 Å². The lowest BCUT2D eigenvalue weighted by atomic mass is 9.90. The van der Waals surface area contributed by atoms with Crippen molar-refractivity contribution in [1.29, 1.82) is 5.26 Å². The first-order valence-corrected chi connectivity index (χ1v) is 5.55. The van der Waals surface area contributed by atoms with Crippen molar-refractivity contribution in [2.24, 2.45) is 5.92 Å². The second-order valence-corrected chi connectivity index (χ2v) is 4.50. The predicted octanol–water partition coefficient (Wildman–Crippen LogP) is 3.28. The summed E-state index contributed by atoms with van der Waals surface area (Å²) in [5.41, 5.74) is 0.749. The van der Waals surface area contributed by atoms with Gasteiger partial charge in [-0.1, -0.05) is 48.0 Å². The van der Waals surface area contributed by atoms with Gasteiger partial charge in [0.1, 0.15) is 5.92 Å². The number of rotatable bonds is 3. The third-order valence-electron chi connectivity index (χ3n) is 2.20. The van der Waals surface area contributed by atoms with Crippen LogP contribution in [0, 0.1) is 17.2 Å². The van der Waals surface area contributed by atoms with E-state index in [2.05, 4.69) is 22.0 Å². The molecular formula is C12H12BrNO. The van der Waals surface area contributed by atoms with Gasteiger partial charge in [0.05, 0.1) is 6.07 Å². The monoisotopic (exact) mass is 265 g/mol. The molecule has 1 atom stereocenters. The van der Waals surface area contributed by atoms with Crippen LogP contribution in [0.5, 0.6) is 0 Å². The number of carbonyl (C=O) groups excluding carboxylic acids is 1. The van der Waals surface area contributed by atoms with Crippen molar-refractivity contribution in [1.82, 2.24) is 0 Å². The largest absolute Gasteiger partial charge is 0.298 e. The van der Waals surface area contributed by atoms with Crippen molar-refractivity contribution >= 4 is 21.7 Å². The molecule has 1 unspecified atom stereocenters. The SMILES string of the molecule is CC(C)C(=O)C(C#N)c1ccccc1Br. The first-order valence-electron chi connectivity index (χ1n) is 4.75. The fraction of sp³-hybridized carbons (Fsp3) is 0.333. The van der Waals surface area contributed by atoms with Crippen LogP contribution in [0.15, 0.2) is 28.7 Å². The fourth-order valence-electron chi connectivity index (χ4n) is 1.33. The van der Waals surface area contributed by atoms with Gasteiger partial charge in [0.15, 0.2) is 5.78 Å². The number of hydrogen-bond acceptors (Lipinski definition) is 2. The highest BCUT2D eigenvalue weighted by Crippen LogP contribution is 2.26. The molecule has 0 saturated carbocycles. The molecule has 0 radical (unpaired) electrons. The van der Waals surface area contributed by atoms with Crippen LogP contribution < -0.4 is 0 Å². The summed E-state index contributed by atoms with van der Waals surface area (Å²) in [5.74, 6) is -0.827. The van der Waals surface area contributed by atoms with Crippen LogP contribution in [0.1, 0.15) is 25.3 Å². The predicted molar refractivity (Wildman–Crippen MR) is 62.3 cm³/mol. The van der Waals surface area contributed by atoms with E-state index < -0.39 is 5.92 Å². The average Bonchev–Trinajstić information content (AvgIpc) is 2.21. The number of hydrogen-bond donors (Lipinski definition) is 0. The number of nitrogens with zero attached hydrogens (tertiary/aromatic N) is 1. The summed E-state index contributed by atoms with van der Waals surface area (Å²) in [5, 5.41) is 9.03. The first kappa shape index (κ1) is 11.9. The quantitative estimate of drug-likeness (QED) is 0.842. The maximum Gasteiger partial charge on any atom is 0.157 e. The van der Waals surface area contributed by atoms with Gasteiger partial charge in [-0.15, -0.1) is 0 Å². The van der Waals surface area contributed by atoms with Crippen molar-refractivity contribution in [2.75, 3.05) is 0 Å². The van der Waals surface area contributed by atoms with E-state index >= 15 is 0 Å². The Morgan fingerprint density at radius 1 is 1.40 bits per heavy atom. The Bertz CT molecular complexity index is 406. The van der Waals surface area contributed by atoms with E-state index in [-0.39, 0.29) is 11.7 Å². The lowest BCUT2D eigenvalue weighted by Crippen LogP contribution is -2.17. The number of halogens is 1. The van der Waals surface area contributed by atoms with Crippen molar-refractivity contribution in [3.8, 4) is 6.07 Å². The molecule has 0 bridgehead atoms. The second-order valence-electron chi connectivity index (χ2n) is 3.64. The molecule has 1 aromatic rings. The van der Waals surface area contributed by atoms with Crippen molar-refractivity contribution in [3.63, 3.8) is 0 Å². The van der Waals surface area contributed by atoms with Crippen LogP contribution >= 0.6 is 15.9 Å². The molecule has 2 nitrogen and oxygen atoms in total. The summed E-state index contributed by atoms with van der Waals surface area (Å²) in [4.78, 5) is 11.8. The molecule has 78 valence electrons. The molecule has 0 aromatic heterocycles. The molecule has 0 amide bonds. The summed E-state index contributed by atoms with van der Waals surface area (Å²) in [6.07, 6.45) is 0. The van der Waals surface area contributed by atoms with Crippen molar-refractivity contribution in [3.05, 3.63) is 34.3 Å². The van der Waals surface area contributed by atoms with Gasteiger partial charge >= 0.3 is 0 Å². The third-order valence-corrected chi connectivity index (χ3v) is 2.92. The summed E-state index contributed by atoms with van der Waals surface area (Å²) in [6, 6.07) is 9.40. The third kappa shape index (κ3) is 2.66. The highest BCUT2D eigenvalue weighted by atomic mass is 79.9. The molecule has 0 aliphatic heterocycles. The van der Waals surface area contributed by atoms with Crippen LogP contribution in [0.2, 0.25) is 0 Å². The van der Waals surface area contributed by atoms with Gasteiger partial charge in [0.2, 0.25) is 0 Å². The maximum atomic E-state index is 11.8. The zero-order valence-electron chi connectivity index (χ0n) is 8.70. The number of Topliss-reactive ketones (excluding diaryl/α,β-unsaturated/α-hetero) is 1. The molecule has 0 spiro atoms. The lowest BCUT2D eigenvalue weighted by Gasteiger charge is -2.12.